The van der Waals surface area contributed by atoms with Crippen LogP contribution in [0, 0.1) is 0 Å². The summed E-state index contributed by atoms with van der Waals surface area (Å²) >= 11 is 0. The molecular formula is C22H25N3O2. The lowest BCUT2D eigenvalue weighted by molar-refractivity contribution is -0.133. The summed E-state index contributed by atoms with van der Waals surface area (Å²) in [5.41, 5.74) is 0.804. The molecule has 140 valence electrons. The molecule has 1 atom stereocenters. The quantitative estimate of drug-likeness (QED) is 0.831. The van der Waals surface area contributed by atoms with Gasteiger partial charge in [-0.25, -0.2) is 9.69 Å². The minimum Gasteiger partial charge on any atom is -0.319 e. The largest absolute Gasteiger partial charge is 0.326 e. The molecule has 2 aliphatic heterocycles. The van der Waals surface area contributed by atoms with Gasteiger partial charge in [-0.3, -0.25) is 9.69 Å². The molecule has 1 unspecified atom stereocenters. The molecule has 1 N–H and O–H groups in total. The van der Waals surface area contributed by atoms with Crippen molar-refractivity contribution in [3.63, 3.8) is 0 Å². The van der Waals surface area contributed by atoms with Crippen molar-refractivity contribution in [2.45, 2.75) is 31.2 Å². The van der Waals surface area contributed by atoms with Gasteiger partial charge in [-0.05, 0) is 37.1 Å². The highest BCUT2D eigenvalue weighted by atomic mass is 16.2. The number of carbonyl (C=O) groups is 2. The van der Waals surface area contributed by atoms with Crippen molar-refractivity contribution in [3.05, 3.63) is 71.8 Å². The molecule has 2 aromatic rings. The molecule has 2 heterocycles. The number of benzene rings is 2. The monoisotopic (exact) mass is 363 g/mol. The van der Waals surface area contributed by atoms with Crippen LogP contribution in [-0.4, -0.2) is 41.5 Å². The number of urea groups is 1. The Balaban J connectivity index is 1.66. The van der Waals surface area contributed by atoms with Crippen LogP contribution < -0.4 is 5.32 Å². The van der Waals surface area contributed by atoms with Gasteiger partial charge >= 0.3 is 6.03 Å². The third-order valence-corrected chi connectivity index (χ3v) is 5.54. The summed E-state index contributed by atoms with van der Waals surface area (Å²) < 4.78 is 0. The van der Waals surface area contributed by atoms with Crippen molar-refractivity contribution in [1.29, 1.82) is 0 Å². The van der Waals surface area contributed by atoms with E-state index in [0.717, 1.165) is 37.1 Å². The normalized spacial score (nSPS) is 23.5. The van der Waals surface area contributed by atoms with Gasteiger partial charge in [-0.2, -0.15) is 0 Å². The van der Waals surface area contributed by atoms with Gasteiger partial charge in [0.1, 0.15) is 0 Å². The maximum absolute atomic E-state index is 13.5. The van der Waals surface area contributed by atoms with Gasteiger partial charge in [0.15, 0.2) is 5.54 Å². The highest BCUT2D eigenvalue weighted by molar-refractivity contribution is 6.07. The van der Waals surface area contributed by atoms with Gasteiger partial charge in [-0.1, -0.05) is 67.1 Å². The predicted octanol–water partition coefficient (Wildman–Crippen LogP) is 3.12. The Morgan fingerprint density at radius 1 is 0.852 bits per heavy atom. The number of nitrogens with one attached hydrogen (secondary N) is 1. The van der Waals surface area contributed by atoms with E-state index in [0.29, 0.717) is 13.1 Å². The van der Waals surface area contributed by atoms with Crippen LogP contribution in [-0.2, 0) is 16.8 Å². The SMILES string of the molecule is O=C1NC(Cc2ccccc2)(c2ccccc2)C(=O)N1CN1CCCCC1. The van der Waals surface area contributed by atoms with E-state index >= 15 is 0 Å². The fourth-order valence-electron chi connectivity index (χ4n) is 4.10. The summed E-state index contributed by atoms with van der Waals surface area (Å²) in [6, 6.07) is 19.2. The molecular weight excluding hydrogens is 338 g/mol. The molecule has 2 fully saturated rings. The van der Waals surface area contributed by atoms with Crippen molar-refractivity contribution in [1.82, 2.24) is 15.1 Å². The Morgan fingerprint density at radius 3 is 2.15 bits per heavy atom. The smallest absolute Gasteiger partial charge is 0.319 e. The average Bonchev–Trinajstić information content (AvgIpc) is 2.95. The molecule has 0 saturated carbocycles. The molecule has 5 heteroatoms. The van der Waals surface area contributed by atoms with Crippen LogP contribution >= 0.6 is 0 Å². The summed E-state index contributed by atoms with van der Waals surface area (Å²) in [7, 11) is 0. The van der Waals surface area contributed by atoms with Crippen molar-refractivity contribution in [2.24, 2.45) is 0 Å². The maximum atomic E-state index is 13.5. The molecule has 5 nitrogen and oxygen atoms in total. The Morgan fingerprint density at radius 2 is 1.48 bits per heavy atom. The first kappa shape index (κ1) is 17.7. The second-order valence-electron chi connectivity index (χ2n) is 7.42. The van der Waals surface area contributed by atoms with E-state index in [1.54, 1.807) is 0 Å². The first-order valence-corrected chi connectivity index (χ1v) is 9.65. The summed E-state index contributed by atoms with van der Waals surface area (Å²) in [6.45, 7) is 2.25. The Labute approximate surface area is 160 Å². The van der Waals surface area contributed by atoms with E-state index < -0.39 is 5.54 Å². The van der Waals surface area contributed by atoms with Crippen LogP contribution in [0.15, 0.2) is 60.7 Å². The zero-order valence-electron chi connectivity index (χ0n) is 15.4. The molecule has 2 saturated heterocycles. The zero-order chi connectivity index (χ0) is 18.7. The van der Waals surface area contributed by atoms with Gasteiger partial charge in [-0.15, -0.1) is 0 Å². The van der Waals surface area contributed by atoms with E-state index in [1.165, 1.54) is 11.3 Å². The Bertz CT molecular complexity index is 803. The first-order valence-electron chi connectivity index (χ1n) is 9.65. The number of imide groups is 1. The molecule has 2 aliphatic rings. The summed E-state index contributed by atoms with van der Waals surface area (Å²) in [5.74, 6) is -0.159. The van der Waals surface area contributed by atoms with Crippen molar-refractivity contribution >= 4 is 11.9 Å². The zero-order valence-corrected chi connectivity index (χ0v) is 15.4. The minimum atomic E-state index is -1.05. The second-order valence-corrected chi connectivity index (χ2v) is 7.42. The Kier molecular flexibility index (Phi) is 4.94. The number of hydrogen-bond donors (Lipinski definition) is 1. The number of carbonyl (C=O) groups excluding carboxylic acids is 2. The number of nitrogens with zero attached hydrogens (tertiary/aromatic N) is 2. The van der Waals surface area contributed by atoms with Gasteiger partial charge in [0, 0.05) is 6.42 Å². The van der Waals surface area contributed by atoms with E-state index in [4.69, 9.17) is 0 Å². The molecule has 0 spiro atoms. The number of hydrogen-bond acceptors (Lipinski definition) is 3. The third-order valence-electron chi connectivity index (χ3n) is 5.54. The van der Waals surface area contributed by atoms with Crippen LogP contribution in [0.5, 0.6) is 0 Å². The van der Waals surface area contributed by atoms with Crippen LogP contribution in [0.25, 0.3) is 0 Å². The first-order chi connectivity index (χ1) is 13.2. The number of likely N-dealkylation sites (tertiary alicyclic amines) is 1. The summed E-state index contributed by atoms with van der Waals surface area (Å²) in [5, 5.41) is 3.03. The van der Waals surface area contributed by atoms with E-state index in [1.807, 2.05) is 60.7 Å². The predicted molar refractivity (Wildman–Crippen MR) is 104 cm³/mol. The summed E-state index contributed by atoms with van der Waals surface area (Å²) in [6.07, 6.45) is 3.91. The highest BCUT2D eigenvalue weighted by Gasteiger charge is 2.52. The van der Waals surface area contributed by atoms with Crippen LogP contribution in [0.4, 0.5) is 4.79 Å². The van der Waals surface area contributed by atoms with Crippen LogP contribution in [0.2, 0.25) is 0 Å². The fraction of sp³-hybridized carbons (Fsp3) is 0.364. The van der Waals surface area contributed by atoms with Gasteiger partial charge < -0.3 is 5.32 Å². The standard InChI is InChI=1S/C22H25N3O2/c26-20-22(19-12-6-2-7-13-19,16-18-10-4-1-5-11-18)23-21(27)25(20)17-24-14-8-3-9-15-24/h1-2,4-7,10-13H,3,8-9,14-17H2,(H,23,27). The molecule has 0 aliphatic carbocycles. The third kappa shape index (κ3) is 3.47. The molecule has 27 heavy (non-hydrogen) atoms. The molecule has 0 bridgehead atoms. The molecule has 2 aromatic carbocycles. The number of rotatable bonds is 5. The molecule has 0 aromatic heterocycles. The van der Waals surface area contributed by atoms with E-state index in [9.17, 15) is 9.59 Å². The van der Waals surface area contributed by atoms with Gasteiger partial charge in [0.2, 0.25) is 0 Å². The lowest BCUT2D eigenvalue weighted by Gasteiger charge is -2.31. The van der Waals surface area contributed by atoms with E-state index in [-0.39, 0.29) is 11.9 Å². The van der Waals surface area contributed by atoms with Gasteiger partial charge in [0.25, 0.3) is 5.91 Å². The van der Waals surface area contributed by atoms with Gasteiger partial charge in [0.05, 0.1) is 6.67 Å². The molecule has 0 radical (unpaired) electrons. The average molecular weight is 363 g/mol. The van der Waals surface area contributed by atoms with Crippen molar-refractivity contribution in [3.8, 4) is 0 Å². The molecule has 3 amide bonds. The van der Waals surface area contributed by atoms with E-state index in [2.05, 4.69) is 10.2 Å². The number of amides is 3. The number of piperidine rings is 1. The van der Waals surface area contributed by atoms with Crippen molar-refractivity contribution in [2.75, 3.05) is 19.8 Å². The highest BCUT2D eigenvalue weighted by Crippen LogP contribution is 2.33. The van der Waals surface area contributed by atoms with Crippen LogP contribution in [0.1, 0.15) is 30.4 Å². The van der Waals surface area contributed by atoms with Crippen molar-refractivity contribution < 1.29 is 9.59 Å². The maximum Gasteiger partial charge on any atom is 0.326 e. The Hall–Kier alpha value is -2.66. The topological polar surface area (TPSA) is 52.7 Å². The fourth-order valence-corrected chi connectivity index (χ4v) is 4.10. The molecule has 4 rings (SSSR count). The lowest BCUT2D eigenvalue weighted by Crippen LogP contribution is -2.47. The minimum absolute atomic E-state index is 0.159. The van der Waals surface area contributed by atoms with Crippen LogP contribution in [0.3, 0.4) is 0 Å². The second kappa shape index (κ2) is 7.53. The lowest BCUT2D eigenvalue weighted by atomic mass is 9.83. The summed E-state index contributed by atoms with van der Waals surface area (Å²) in [4.78, 5) is 29.9.